The van der Waals surface area contributed by atoms with Gasteiger partial charge in [0.25, 0.3) is 11.8 Å². The first-order valence-corrected chi connectivity index (χ1v) is 15.4. The minimum atomic E-state index is -0.637. The molecular weight excluding hydrogens is 574 g/mol. The lowest BCUT2D eigenvalue weighted by atomic mass is 10.1. The summed E-state index contributed by atoms with van der Waals surface area (Å²) in [4.78, 5) is 55.6. The third-order valence-corrected chi connectivity index (χ3v) is 7.39. The second kappa shape index (κ2) is 15.7. The quantitative estimate of drug-likeness (QED) is 0.291. The topological polar surface area (TPSA) is 127 Å². The summed E-state index contributed by atoms with van der Waals surface area (Å²) in [6, 6.07) is 13.2. The lowest BCUT2D eigenvalue weighted by molar-refractivity contribution is -0.145. The minimum absolute atomic E-state index is 0.0914. The van der Waals surface area contributed by atoms with Crippen LogP contribution in [0.5, 0.6) is 0 Å². The number of hydrazine groups is 2. The summed E-state index contributed by atoms with van der Waals surface area (Å²) in [5, 5.41) is 6.45. The van der Waals surface area contributed by atoms with Crippen LogP contribution in [0.4, 0.5) is 10.5 Å². The number of fused-ring (bicyclic) bond motifs is 1. The van der Waals surface area contributed by atoms with Crippen LogP contribution in [0.1, 0.15) is 68.6 Å². The number of nitrogens with zero attached hydrogens (tertiary/aromatic N) is 4. The lowest BCUT2D eigenvalue weighted by Gasteiger charge is -2.32. The van der Waals surface area contributed by atoms with Crippen LogP contribution in [0.2, 0.25) is 0 Å². The van der Waals surface area contributed by atoms with E-state index in [1.807, 2.05) is 65.6 Å². The maximum Gasteiger partial charge on any atom is 0.410 e. The Bertz CT molecular complexity index is 1330. The minimum Gasteiger partial charge on any atom is -0.444 e. The van der Waals surface area contributed by atoms with Crippen LogP contribution >= 0.6 is 0 Å². The van der Waals surface area contributed by atoms with Gasteiger partial charge in [0.1, 0.15) is 5.60 Å². The molecule has 1 aliphatic rings. The maximum atomic E-state index is 13.6. The zero-order chi connectivity index (χ0) is 33.3. The van der Waals surface area contributed by atoms with E-state index in [4.69, 9.17) is 4.74 Å². The van der Waals surface area contributed by atoms with Gasteiger partial charge in [-0.15, -0.1) is 0 Å². The predicted octanol–water partition coefficient (Wildman–Crippen LogP) is 3.21. The molecular formula is C33H49N7O5. The first-order chi connectivity index (χ1) is 21.2. The second-order valence-electron chi connectivity index (χ2n) is 12.5. The Morgan fingerprint density at radius 2 is 1.64 bits per heavy atom. The molecule has 2 aromatic carbocycles. The smallest absolute Gasteiger partial charge is 0.410 e. The van der Waals surface area contributed by atoms with Gasteiger partial charge in [-0.1, -0.05) is 37.3 Å². The highest BCUT2D eigenvalue weighted by atomic mass is 16.6. The van der Waals surface area contributed by atoms with Crippen molar-refractivity contribution < 1.29 is 23.9 Å². The molecule has 1 aliphatic heterocycles. The van der Waals surface area contributed by atoms with Crippen LogP contribution in [0, 0.1) is 6.92 Å². The first-order valence-electron chi connectivity index (χ1n) is 15.4. The van der Waals surface area contributed by atoms with Gasteiger partial charge >= 0.3 is 6.09 Å². The van der Waals surface area contributed by atoms with Crippen molar-refractivity contribution in [3.8, 4) is 0 Å². The number of rotatable bonds is 13. The molecule has 0 spiro atoms. The van der Waals surface area contributed by atoms with Gasteiger partial charge < -0.3 is 19.9 Å². The summed E-state index contributed by atoms with van der Waals surface area (Å²) >= 11 is 0. The Hall–Kier alpha value is -4.16. The Balaban J connectivity index is 1.76. The number of aryl methyl sites for hydroxylation is 1. The molecule has 2 aromatic rings. The van der Waals surface area contributed by atoms with E-state index in [-0.39, 0.29) is 49.9 Å². The molecule has 45 heavy (non-hydrogen) atoms. The maximum absolute atomic E-state index is 13.6. The number of carbonyl (C=O) groups is 4. The van der Waals surface area contributed by atoms with E-state index in [1.54, 1.807) is 40.1 Å². The van der Waals surface area contributed by atoms with Gasteiger partial charge in [-0.25, -0.2) is 15.2 Å². The molecule has 1 heterocycles. The van der Waals surface area contributed by atoms with Crippen LogP contribution in [-0.4, -0.2) is 90.1 Å². The highest BCUT2D eigenvalue weighted by Crippen LogP contribution is 2.25. The van der Waals surface area contributed by atoms with Crippen LogP contribution in [-0.2, 0) is 27.4 Å². The summed E-state index contributed by atoms with van der Waals surface area (Å²) in [6.45, 7) is 15.0. The SMILES string of the molecule is CCNNC(=O)c1ccc(C)c(N(CC(=O)NCCN(C(=O)OC(C)(C)C)C(C)C)CC(=O)N(C)N2Cc3ccccc3C2)c1. The summed E-state index contributed by atoms with van der Waals surface area (Å²) in [5.74, 6) is -0.848. The molecule has 0 radical (unpaired) electrons. The summed E-state index contributed by atoms with van der Waals surface area (Å²) in [7, 11) is 1.73. The van der Waals surface area contributed by atoms with E-state index in [0.717, 1.165) is 5.56 Å². The van der Waals surface area contributed by atoms with Crippen molar-refractivity contribution in [1.29, 1.82) is 0 Å². The van der Waals surface area contributed by atoms with E-state index >= 15 is 0 Å². The van der Waals surface area contributed by atoms with E-state index in [9.17, 15) is 19.2 Å². The van der Waals surface area contributed by atoms with Crippen molar-refractivity contribution in [3.05, 3.63) is 64.7 Å². The van der Waals surface area contributed by atoms with Crippen molar-refractivity contribution in [2.75, 3.05) is 44.7 Å². The number of nitrogens with one attached hydrogen (secondary N) is 3. The number of hydrogen-bond acceptors (Lipinski definition) is 8. The third kappa shape index (κ3) is 10.2. The van der Waals surface area contributed by atoms with Crippen LogP contribution in [0.15, 0.2) is 42.5 Å². The number of anilines is 1. The van der Waals surface area contributed by atoms with E-state index in [1.165, 1.54) is 11.1 Å². The fourth-order valence-electron chi connectivity index (χ4n) is 4.93. The van der Waals surface area contributed by atoms with E-state index in [0.29, 0.717) is 30.9 Å². The molecule has 0 fully saturated rings. The molecule has 246 valence electrons. The molecule has 12 nitrogen and oxygen atoms in total. The van der Waals surface area contributed by atoms with Crippen LogP contribution < -0.4 is 21.1 Å². The number of carbonyl (C=O) groups excluding carboxylic acids is 4. The molecule has 3 rings (SSSR count). The Morgan fingerprint density at radius 1 is 1.00 bits per heavy atom. The van der Waals surface area contributed by atoms with Gasteiger partial charge in [0, 0.05) is 57.1 Å². The van der Waals surface area contributed by atoms with Crippen molar-refractivity contribution in [2.24, 2.45) is 0 Å². The molecule has 0 saturated carbocycles. The molecule has 3 N–H and O–H groups in total. The molecule has 0 aromatic heterocycles. The third-order valence-electron chi connectivity index (χ3n) is 7.39. The first kappa shape index (κ1) is 35.3. The highest BCUT2D eigenvalue weighted by Gasteiger charge is 2.28. The van der Waals surface area contributed by atoms with Gasteiger partial charge in [0.2, 0.25) is 5.91 Å². The standard InChI is InChI=1S/C33H49N7O5/c1-9-35-36-31(43)25-15-14-24(4)28(18-25)38(22-30(42)37(8)39-19-26-12-10-11-13-27(26)20-39)21-29(41)34-16-17-40(23(2)3)32(44)45-33(5,6)7/h10-15,18,23,35H,9,16-17,19-22H2,1-8H3,(H,34,41)(H,36,43). The number of ether oxygens (including phenoxy) is 1. The molecule has 0 saturated heterocycles. The normalized spacial score (nSPS) is 12.8. The average molecular weight is 624 g/mol. The van der Waals surface area contributed by atoms with Gasteiger partial charge in [-0.3, -0.25) is 24.8 Å². The summed E-state index contributed by atoms with van der Waals surface area (Å²) < 4.78 is 5.52. The van der Waals surface area contributed by atoms with Crippen molar-refractivity contribution in [2.45, 2.75) is 73.2 Å². The second-order valence-corrected chi connectivity index (χ2v) is 12.5. The fourth-order valence-corrected chi connectivity index (χ4v) is 4.93. The molecule has 0 atom stereocenters. The number of benzene rings is 2. The monoisotopic (exact) mass is 623 g/mol. The Labute approximate surface area is 267 Å². The zero-order valence-corrected chi connectivity index (χ0v) is 27.9. The Morgan fingerprint density at radius 3 is 2.22 bits per heavy atom. The van der Waals surface area contributed by atoms with E-state index in [2.05, 4.69) is 28.3 Å². The summed E-state index contributed by atoms with van der Waals surface area (Å²) in [5.41, 5.74) is 8.95. The highest BCUT2D eigenvalue weighted by molar-refractivity contribution is 5.95. The van der Waals surface area contributed by atoms with Gasteiger partial charge in [0.15, 0.2) is 0 Å². The number of hydrogen-bond donors (Lipinski definition) is 3. The average Bonchev–Trinajstić information content (AvgIpc) is 3.40. The van der Waals surface area contributed by atoms with E-state index < -0.39 is 11.7 Å². The predicted molar refractivity (Wildman–Crippen MR) is 174 cm³/mol. The van der Waals surface area contributed by atoms with Crippen LogP contribution in [0.3, 0.4) is 0 Å². The molecule has 4 amide bonds. The zero-order valence-electron chi connectivity index (χ0n) is 27.9. The van der Waals surface area contributed by atoms with Gasteiger partial charge in [-0.05, 0) is 70.4 Å². The lowest BCUT2D eigenvalue weighted by Crippen LogP contribution is -2.49. The fraction of sp³-hybridized carbons (Fsp3) is 0.515. The molecule has 0 aliphatic carbocycles. The Kier molecular flexibility index (Phi) is 12.3. The largest absolute Gasteiger partial charge is 0.444 e. The van der Waals surface area contributed by atoms with Crippen molar-refractivity contribution >= 4 is 29.5 Å². The van der Waals surface area contributed by atoms with Gasteiger partial charge in [0.05, 0.1) is 13.1 Å². The number of likely N-dealkylation sites (N-methyl/N-ethyl adjacent to an activating group) is 1. The summed E-state index contributed by atoms with van der Waals surface area (Å²) in [6.07, 6.45) is -0.450. The van der Waals surface area contributed by atoms with Crippen LogP contribution in [0.25, 0.3) is 0 Å². The molecule has 0 unspecified atom stereocenters. The number of amides is 4. The van der Waals surface area contributed by atoms with Crippen molar-refractivity contribution in [3.63, 3.8) is 0 Å². The molecule has 0 bridgehead atoms. The van der Waals surface area contributed by atoms with Crippen molar-refractivity contribution in [1.82, 2.24) is 31.1 Å². The van der Waals surface area contributed by atoms with Gasteiger partial charge in [-0.2, -0.15) is 0 Å². The molecule has 12 heteroatoms.